The fraction of sp³-hybridized carbons (Fsp3) is 0.522. The summed E-state index contributed by atoms with van der Waals surface area (Å²) in [5.41, 5.74) is 0.775. The molecule has 2 aromatic heterocycles. The topological polar surface area (TPSA) is 79.8 Å². The van der Waals surface area contributed by atoms with Crippen molar-refractivity contribution in [2.45, 2.75) is 31.3 Å². The number of morpholine rings is 1. The van der Waals surface area contributed by atoms with Gasteiger partial charge < -0.3 is 19.7 Å². The van der Waals surface area contributed by atoms with Crippen molar-refractivity contribution in [3.8, 4) is 0 Å². The zero-order valence-corrected chi connectivity index (χ0v) is 18.9. The van der Waals surface area contributed by atoms with Crippen molar-refractivity contribution in [1.29, 1.82) is 0 Å². The molecule has 2 saturated heterocycles. The van der Waals surface area contributed by atoms with Gasteiger partial charge in [0, 0.05) is 25.8 Å². The van der Waals surface area contributed by atoms with Crippen molar-refractivity contribution in [1.82, 2.24) is 9.97 Å². The summed E-state index contributed by atoms with van der Waals surface area (Å²) in [4.78, 5) is 25.3. The molecule has 1 amide bonds. The second-order valence-corrected chi connectivity index (χ2v) is 8.65. The van der Waals surface area contributed by atoms with E-state index >= 15 is 0 Å². The highest BCUT2D eigenvalue weighted by molar-refractivity contribution is 5.89. The van der Waals surface area contributed by atoms with Gasteiger partial charge >= 0.3 is 6.09 Å². The Labute approximate surface area is 194 Å². The van der Waals surface area contributed by atoms with Gasteiger partial charge in [-0.05, 0) is 55.9 Å². The maximum atomic E-state index is 12.4. The third kappa shape index (κ3) is 4.91. The molecule has 5 rings (SSSR count). The zero-order valence-electron chi connectivity index (χ0n) is 18.1. The molecule has 1 spiro atoms. The minimum atomic E-state index is -0.372. The highest BCUT2D eigenvalue weighted by atomic mass is 35.5. The van der Waals surface area contributed by atoms with Gasteiger partial charge in [-0.2, -0.15) is 0 Å². The number of pyridine rings is 2. The predicted octanol–water partition coefficient (Wildman–Crippen LogP) is 3.73. The lowest BCUT2D eigenvalue weighted by Gasteiger charge is -2.35. The predicted molar refractivity (Wildman–Crippen MR) is 126 cm³/mol. The van der Waals surface area contributed by atoms with Crippen molar-refractivity contribution in [2.24, 2.45) is 5.92 Å². The number of anilines is 3. The number of nitrogens with zero attached hydrogens (tertiary/aromatic N) is 4. The molecule has 9 heteroatoms. The van der Waals surface area contributed by atoms with E-state index in [2.05, 4.69) is 32.3 Å². The molecular formula is C23H30ClN5O3. The van der Waals surface area contributed by atoms with Gasteiger partial charge in [0.15, 0.2) is 0 Å². The van der Waals surface area contributed by atoms with Gasteiger partial charge in [0.05, 0.1) is 31.6 Å². The quantitative estimate of drug-likeness (QED) is 0.729. The normalized spacial score (nSPS) is 25.4. The molecule has 0 bridgehead atoms. The summed E-state index contributed by atoms with van der Waals surface area (Å²) >= 11 is 0. The molecule has 3 fully saturated rings. The standard InChI is InChI=1S/C23H29N5O3.ClH/c29-22-28(21-3-1-2-10-24-21)17-23(31-22)8-6-18(7-9-23)15-25-20-5-4-19(16-26-20)27-11-13-30-14-12-27;/h1-5,10,16,18H,6-9,11-15,17H2,(H,25,26);1H. The first-order valence-corrected chi connectivity index (χ1v) is 11.1. The van der Waals surface area contributed by atoms with Crippen LogP contribution in [0.1, 0.15) is 25.7 Å². The first-order chi connectivity index (χ1) is 15.2. The smallest absolute Gasteiger partial charge is 0.416 e. The number of carbonyl (C=O) groups is 1. The summed E-state index contributed by atoms with van der Waals surface area (Å²) in [6, 6.07) is 9.78. The molecule has 4 heterocycles. The molecule has 1 N–H and O–H groups in total. The average Bonchev–Trinajstić information content (AvgIpc) is 3.16. The highest BCUT2D eigenvalue weighted by Gasteiger charge is 2.47. The van der Waals surface area contributed by atoms with Crippen LogP contribution < -0.4 is 15.1 Å². The van der Waals surface area contributed by atoms with Gasteiger partial charge in [-0.1, -0.05) is 6.07 Å². The molecule has 2 aliphatic heterocycles. The molecule has 2 aromatic rings. The summed E-state index contributed by atoms with van der Waals surface area (Å²) in [5, 5.41) is 3.48. The second kappa shape index (κ2) is 9.92. The molecule has 0 radical (unpaired) electrons. The molecule has 32 heavy (non-hydrogen) atoms. The number of nitrogens with one attached hydrogen (secondary N) is 1. The van der Waals surface area contributed by atoms with Gasteiger partial charge in [0.2, 0.25) is 0 Å². The molecule has 3 aliphatic rings. The Bertz CT molecular complexity index is 884. The van der Waals surface area contributed by atoms with Crippen molar-refractivity contribution < 1.29 is 14.3 Å². The molecule has 1 aliphatic carbocycles. The first-order valence-electron chi connectivity index (χ1n) is 11.1. The van der Waals surface area contributed by atoms with Crippen molar-refractivity contribution in [2.75, 3.05) is 54.5 Å². The van der Waals surface area contributed by atoms with Crippen LogP contribution in [0, 0.1) is 5.92 Å². The molecular weight excluding hydrogens is 430 g/mol. The van der Waals surface area contributed by atoms with Crippen LogP contribution in [0.4, 0.5) is 22.1 Å². The largest absolute Gasteiger partial charge is 0.441 e. The molecule has 8 nitrogen and oxygen atoms in total. The summed E-state index contributed by atoms with van der Waals surface area (Å²) < 4.78 is 11.3. The van der Waals surface area contributed by atoms with E-state index in [0.29, 0.717) is 18.3 Å². The maximum Gasteiger partial charge on any atom is 0.416 e. The van der Waals surface area contributed by atoms with Crippen molar-refractivity contribution >= 4 is 35.8 Å². The monoisotopic (exact) mass is 459 g/mol. The lowest BCUT2D eigenvalue weighted by atomic mass is 9.78. The van der Waals surface area contributed by atoms with E-state index in [1.54, 1.807) is 11.1 Å². The average molecular weight is 460 g/mol. The Morgan fingerprint density at radius 3 is 2.59 bits per heavy atom. The van der Waals surface area contributed by atoms with E-state index in [9.17, 15) is 4.79 Å². The second-order valence-electron chi connectivity index (χ2n) is 8.65. The number of aromatic nitrogens is 2. The number of rotatable bonds is 5. The molecule has 0 aromatic carbocycles. The van der Waals surface area contributed by atoms with Gasteiger partial charge in [0.25, 0.3) is 0 Å². The minimum Gasteiger partial charge on any atom is -0.441 e. The summed E-state index contributed by atoms with van der Waals surface area (Å²) in [5.74, 6) is 2.12. The van der Waals surface area contributed by atoms with E-state index in [1.165, 1.54) is 0 Å². The molecule has 1 saturated carbocycles. The lowest BCUT2D eigenvalue weighted by Crippen LogP contribution is -2.39. The molecule has 0 atom stereocenters. The number of hydrogen-bond donors (Lipinski definition) is 1. The Morgan fingerprint density at radius 2 is 1.91 bits per heavy atom. The first kappa shape index (κ1) is 22.6. The van der Waals surface area contributed by atoms with E-state index < -0.39 is 0 Å². The summed E-state index contributed by atoms with van der Waals surface area (Å²) in [6.45, 7) is 4.86. The van der Waals surface area contributed by atoms with Crippen molar-refractivity contribution in [3.05, 3.63) is 42.7 Å². The van der Waals surface area contributed by atoms with Crippen LogP contribution in [0.15, 0.2) is 42.7 Å². The lowest BCUT2D eigenvalue weighted by molar-refractivity contribution is 0.0148. The molecule has 172 valence electrons. The van der Waals surface area contributed by atoms with E-state index in [4.69, 9.17) is 9.47 Å². The van der Waals surface area contributed by atoms with Crippen LogP contribution in [-0.2, 0) is 9.47 Å². The van der Waals surface area contributed by atoms with Crippen LogP contribution in [0.5, 0.6) is 0 Å². The Morgan fingerprint density at radius 1 is 1.09 bits per heavy atom. The Hall–Kier alpha value is -2.58. The maximum absolute atomic E-state index is 12.4. The third-order valence-electron chi connectivity index (χ3n) is 6.61. The van der Waals surface area contributed by atoms with Crippen molar-refractivity contribution in [3.63, 3.8) is 0 Å². The summed E-state index contributed by atoms with van der Waals surface area (Å²) in [6.07, 6.45) is 7.20. The molecule has 0 unspecified atom stereocenters. The minimum absolute atomic E-state index is 0. The summed E-state index contributed by atoms with van der Waals surface area (Å²) in [7, 11) is 0. The third-order valence-corrected chi connectivity index (χ3v) is 6.61. The van der Waals surface area contributed by atoms with Crippen LogP contribution in [0.3, 0.4) is 0 Å². The number of ether oxygens (including phenoxy) is 2. The number of hydrogen-bond acceptors (Lipinski definition) is 7. The van der Waals surface area contributed by atoms with E-state index in [0.717, 1.165) is 70.0 Å². The number of halogens is 1. The fourth-order valence-corrected chi connectivity index (χ4v) is 4.73. The van der Waals surface area contributed by atoms with E-state index in [1.807, 2.05) is 24.4 Å². The SMILES string of the molecule is Cl.O=C1OC2(CCC(CNc3ccc(N4CCOCC4)cn3)CC2)CN1c1ccccn1. The zero-order chi connectivity index (χ0) is 21.1. The Balaban J connectivity index is 0.00000245. The fourth-order valence-electron chi connectivity index (χ4n) is 4.73. The van der Waals surface area contributed by atoms with Gasteiger partial charge in [-0.3, -0.25) is 4.90 Å². The number of carbonyl (C=O) groups excluding carboxylic acids is 1. The van der Waals surface area contributed by atoms with Gasteiger partial charge in [-0.15, -0.1) is 12.4 Å². The van der Waals surface area contributed by atoms with Gasteiger partial charge in [0.1, 0.15) is 17.2 Å². The van der Waals surface area contributed by atoms with Crippen LogP contribution in [0.25, 0.3) is 0 Å². The number of amides is 1. The highest BCUT2D eigenvalue weighted by Crippen LogP contribution is 2.40. The Kier molecular flexibility index (Phi) is 7.01. The van der Waals surface area contributed by atoms with Gasteiger partial charge in [-0.25, -0.2) is 14.8 Å². The van der Waals surface area contributed by atoms with E-state index in [-0.39, 0.29) is 24.1 Å². The van der Waals surface area contributed by atoms with Crippen LogP contribution in [-0.4, -0.2) is 61.1 Å². The van der Waals surface area contributed by atoms with Crippen LogP contribution >= 0.6 is 12.4 Å². The van der Waals surface area contributed by atoms with Crippen LogP contribution in [0.2, 0.25) is 0 Å².